The Hall–Kier alpha value is -0.770. The van der Waals surface area contributed by atoms with Crippen LogP contribution in [0.2, 0.25) is 0 Å². The van der Waals surface area contributed by atoms with E-state index in [1.165, 1.54) is 0 Å². The van der Waals surface area contributed by atoms with Gasteiger partial charge in [0.25, 0.3) is 0 Å². The topological polar surface area (TPSA) is 86.2 Å². The standard InChI is InChI=1S/C19H38N4O3.HI/c1-6-13-23(18(25)26-19(3,4)5)14-12-21-17(20-7-2)22-15-8-10-16(24)11-9-15;/h15-16,24H,6-14H2,1-5H3,(H2,20,21,22);1H. The number of carbonyl (C=O) groups excluding carboxylic acids is 1. The molecule has 0 heterocycles. The fourth-order valence-corrected chi connectivity index (χ4v) is 2.91. The number of nitrogens with zero attached hydrogens (tertiary/aromatic N) is 2. The molecule has 0 saturated heterocycles. The van der Waals surface area contributed by atoms with Crippen LogP contribution in [0.15, 0.2) is 4.99 Å². The molecule has 0 spiro atoms. The first-order valence-electron chi connectivity index (χ1n) is 9.96. The van der Waals surface area contributed by atoms with E-state index in [0.29, 0.717) is 25.7 Å². The lowest BCUT2D eigenvalue weighted by molar-refractivity contribution is 0.0256. The SMILES string of the molecule is CCCN(CCN=C(NCC)NC1CCC(O)CC1)C(=O)OC(C)(C)C.I. The summed E-state index contributed by atoms with van der Waals surface area (Å²) >= 11 is 0. The highest BCUT2D eigenvalue weighted by Crippen LogP contribution is 2.18. The van der Waals surface area contributed by atoms with Crippen LogP contribution in [0.5, 0.6) is 0 Å². The van der Waals surface area contributed by atoms with Gasteiger partial charge in [0.15, 0.2) is 5.96 Å². The second-order valence-electron chi connectivity index (χ2n) is 7.88. The van der Waals surface area contributed by atoms with Crippen LogP contribution in [0.3, 0.4) is 0 Å². The first-order valence-corrected chi connectivity index (χ1v) is 9.96. The van der Waals surface area contributed by atoms with Crippen molar-refractivity contribution in [1.29, 1.82) is 0 Å². The maximum absolute atomic E-state index is 12.3. The average Bonchev–Trinajstić information content (AvgIpc) is 2.54. The van der Waals surface area contributed by atoms with Crippen LogP contribution in [0.25, 0.3) is 0 Å². The first kappa shape index (κ1) is 26.2. The fraction of sp³-hybridized carbons (Fsp3) is 0.895. The predicted octanol–water partition coefficient (Wildman–Crippen LogP) is 3.11. The van der Waals surface area contributed by atoms with Gasteiger partial charge in [0.05, 0.1) is 12.6 Å². The normalized spacial score (nSPS) is 20.4. The third-order valence-electron chi connectivity index (χ3n) is 4.17. The van der Waals surface area contributed by atoms with Crippen molar-refractivity contribution < 1.29 is 14.6 Å². The zero-order chi connectivity index (χ0) is 19.6. The van der Waals surface area contributed by atoms with Crippen molar-refractivity contribution >= 4 is 36.0 Å². The molecule has 1 saturated carbocycles. The molecule has 3 N–H and O–H groups in total. The van der Waals surface area contributed by atoms with Gasteiger partial charge in [-0.15, -0.1) is 24.0 Å². The first-order chi connectivity index (χ1) is 12.2. The van der Waals surface area contributed by atoms with Gasteiger partial charge in [-0.3, -0.25) is 4.99 Å². The summed E-state index contributed by atoms with van der Waals surface area (Å²) in [5, 5.41) is 16.3. The van der Waals surface area contributed by atoms with Crippen LogP contribution in [0.1, 0.15) is 66.7 Å². The average molecular weight is 498 g/mol. The van der Waals surface area contributed by atoms with Crippen molar-refractivity contribution in [2.24, 2.45) is 4.99 Å². The van der Waals surface area contributed by atoms with Gasteiger partial charge in [-0.25, -0.2) is 4.79 Å². The Morgan fingerprint density at radius 2 is 1.81 bits per heavy atom. The van der Waals surface area contributed by atoms with E-state index >= 15 is 0 Å². The molecule has 1 rings (SSSR count). The van der Waals surface area contributed by atoms with Crippen molar-refractivity contribution in [3.05, 3.63) is 0 Å². The maximum Gasteiger partial charge on any atom is 0.410 e. The highest BCUT2D eigenvalue weighted by Gasteiger charge is 2.22. The van der Waals surface area contributed by atoms with E-state index in [1.807, 2.05) is 34.6 Å². The number of rotatable bonds is 7. The van der Waals surface area contributed by atoms with E-state index < -0.39 is 5.60 Å². The van der Waals surface area contributed by atoms with Crippen molar-refractivity contribution in [3.8, 4) is 0 Å². The predicted molar refractivity (Wildman–Crippen MR) is 121 cm³/mol. The molecule has 27 heavy (non-hydrogen) atoms. The maximum atomic E-state index is 12.3. The van der Waals surface area contributed by atoms with E-state index in [-0.39, 0.29) is 36.2 Å². The molecule has 0 aromatic heterocycles. The Bertz CT molecular complexity index is 447. The number of guanidine groups is 1. The van der Waals surface area contributed by atoms with Crippen molar-refractivity contribution in [1.82, 2.24) is 15.5 Å². The minimum Gasteiger partial charge on any atom is -0.444 e. The summed E-state index contributed by atoms with van der Waals surface area (Å²) in [4.78, 5) is 18.6. The Morgan fingerprint density at radius 1 is 1.19 bits per heavy atom. The summed E-state index contributed by atoms with van der Waals surface area (Å²) in [5.74, 6) is 0.773. The Kier molecular flexibility index (Phi) is 13.0. The van der Waals surface area contributed by atoms with Crippen molar-refractivity contribution in [3.63, 3.8) is 0 Å². The van der Waals surface area contributed by atoms with Gasteiger partial charge in [0, 0.05) is 25.7 Å². The van der Waals surface area contributed by atoms with Crippen LogP contribution in [-0.2, 0) is 4.74 Å². The Morgan fingerprint density at radius 3 is 2.33 bits per heavy atom. The van der Waals surface area contributed by atoms with Gasteiger partial charge in [-0.2, -0.15) is 0 Å². The van der Waals surface area contributed by atoms with Crippen LogP contribution in [0.4, 0.5) is 4.79 Å². The van der Waals surface area contributed by atoms with Crippen molar-refractivity contribution in [2.75, 3.05) is 26.2 Å². The third-order valence-corrected chi connectivity index (χ3v) is 4.17. The molecular formula is C19H39IN4O3. The highest BCUT2D eigenvalue weighted by atomic mass is 127. The number of ether oxygens (including phenoxy) is 1. The van der Waals surface area contributed by atoms with Crippen LogP contribution in [-0.4, -0.2) is 66.0 Å². The lowest BCUT2D eigenvalue weighted by Gasteiger charge is -2.28. The molecule has 0 unspecified atom stereocenters. The van der Waals surface area contributed by atoms with Crippen LogP contribution in [0, 0.1) is 0 Å². The highest BCUT2D eigenvalue weighted by molar-refractivity contribution is 14.0. The number of hydrogen-bond donors (Lipinski definition) is 3. The molecule has 0 radical (unpaired) electrons. The summed E-state index contributed by atoms with van der Waals surface area (Å²) in [5.41, 5.74) is -0.492. The molecule has 160 valence electrons. The lowest BCUT2D eigenvalue weighted by Crippen LogP contribution is -2.45. The number of carbonyl (C=O) groups is 1. The second kappa shape index (κ2) is 13.4. The van der Waals surface area contributed by atoms with Crippen LogP contribution >= 0.6 is 24.0 Å². The number of aliphatic imine (C=N–C) groups is 1. The number of aliphatic hydroxyl groups is 1. The number of aliphatic hydroxyl groups excluding tert-OH is 1. The number of halogens is 1. The molecule has 0 aromatic rings. The molecule has 8 heteroatoms. The van der Waals surface area contributed by atoms with E-state index in [0.717, 1.165) is 44.6 Å². The summed E-state index contributed by atoms with van der Waals surface area (Å²) in [6.45, 7) is 12.2. The molecule has 0 atom stereocenters. The zero-order valence-corrected chi connectivity index (χ0v) is 19.9. The molecule has 0 aliphatic heterocycles. The monoisotopic (exact) mass is 498 g/mol. The molecular weight excluding hydrogens is 459 g/mol. The third kappa shape index (κ3) is 11.6. The molecule has 0 bridgehead atoms. The minimum absolute atomic E-state index is 0. The summed E-state index contributed by atoms with van der Waals surface area (Å²) < 4.78 is 5.47. The Labute approximate surface area is 181 Å². The van der Waals surface area contributed by atoms with Gasteiger partial charge in [-0.05, 0) is 59.8 Å². The fourth-order valence-electron chi connectivity index (χ4n) is 2.91. The number of hydrogen-bond acceptors (Lipinski definition) is 4. The molecule has 7 nitrogen and oxygen atoms in total. The van der Waals surface area contributed by atoms with Gasteiger partial charge in [0.1, 0.15) is 5.60 Å². The van der Waals surface area contributed by atoms with Gasteiger partial charge < -0.3 is 25.4 Å². The summed E-state index contributed by atoms with van der Waals surface area (Å²) in [6, 6.07) is 0.341. The second-order valence-corrected chi connectivity index (χ2v) is 7.88. The lowest BCUT2D eigenvalue weighted by atomic mass is 9.93. The van der Waals surface area contributed by atoms with E-state index in [1.54, 1.807) is 4.90 Å². The van der Waals surface area contributed by atoms with E-state index in [2.05, 4.69) is 15.6 Å². The quantitative estimate of drug-likeness (QED) is 0.285. The molecule has 1 amide bonds. The van der Waals surface area contributed by atoms with Crippen molar-refractivity contribution in [2.45, 2.75) is 84.5 Å². The summed E-state index contributed by atoms with van der Waals surface area (Å²) in [7, 11) is 0. The molecule has 0 aromatic carbocycles. The van der Waals surface area contributed by atoms with Gasteiger partial charge in [-0.1, -0.05) is 6.92 Å². The number of nitrogens with one attached hydrogen (secondary N) is 2. The number of amides is 1. The largest absolute Gasteiger partial charge is 0.444 e. The minimum atomic E-state index is -0.492. The molecule has 1 fully saturated rings. The van der Waals surface area contributed by atoms with Gasteiger partial charge >= 0.3 is 6.09 Å². The zero-order valence-electron chi connectivity index (χ0n) is 17.6. The Balaban J connectivity index is 0.00000676. The summed E-state index contributed by atoms with van der Waals surface area (Å²) in [6.07, 6.45) is 4.00. The smallest absolute Gasteiger partial charge is 0.410 e. The van der Waals surface area contributed by atoms with E-state index in [9.17, 15) is 9.90 Å². The van der Waals surface area contributed by atoms with E-state index in [4.69, 9.17) is 4.74 Å². The molecule has 1 aliphatic rings. The molecule has 1 aliphatic carbocycles. The van der Waals surface area contributed by atoms with Gasteiger partial charge in [0.2, 0.25) is 0 Å². The van der Waals surface area contributed by atoms with Crippen LogP contribution < -0.4 is 10.6 Å².